The lowest BCUT2D eigenvalue weighted by Crippen LogP contribution is -2.57. The number of carbonyl (C=O) groups is 1. The Morgan fingerprint density at radius 2 is 1.73 bits per heavy atom. The number of hydrogen-bond acceptors (Lipinski definition) is 2. The molecule has 0 aromatic rings. The summed E-state index contributed by atoms with van der Waals surface area (Å²) in [6, 6.07) is 0. The van der Waals surface area contributed by atoms with E-state index in [2.05, 4.69) is 6.92 Å². The summed E-state index contributed by atoms with van der Waals surface area (Å²) in [5, 5.41) is 9.21. The highest BCUT2D eigenvalue weighted by Gasteiger charge is 2.40. The molecule has 1 N–H and O–H groups in total. The van der Waals surface area contributed by atoms with E-state index < -0.39 is 0 Å². The third kappa shape index (κ3) is 2.17. The Morgan fingerprint density at radius 3 is 2.20 bits per heavy atom. The largest absolute Gasteiger partial charge is 0.389 e. The molecule has 1 heterocycles. The molecular formula is C12H21NO2. The fourth-order valence-corrected chi connectivity index (χ4v) is 2.73. The minimum absolute atomic E-state index is 0.142. The van der Waals surface area contributed by atoms with Gasteiger partial charge in [-0.1, -0.05) is 32.6 Å². The molecule has 2 fully saturated rings. The van der Waals surface area contributed by atoms with Crippen LogP contribution in [0.3, 0.4) is 0 Å². The SMILES string of the molecule is CC1(C(=O)N2CC(O)C2)CCCCCC1. The molecule has 0 spiro atoms. The van der Waals surface area contributed by atoms with Crippen molar-refractivity contribution in [1.82, 2.24) is 4.90 Å². The van der Waals surface area contributed by atoms with E-state index in [1.807, 2.05) is 4.90 Å². The Hall–Kier alpha value is -0.570. The Labute approximate surface area is 91.5 Å². The maximum atomic E-state index is 12.2. The number of hydrogen-bond donors (Lipinski definition) is 1. The first-order valence-electron chi connectivity index (χ1n) is 6.09. The number of likely N-dealkylation sites (tertiary alicyclic amines) is 1. The van der Waals surface area contributed by atoms with Crippen LogP contribution >= 0.6 is 0 Å². The van der Waals surface area contributed by atoms with Gasteiger partial charge in [-0.15, -0.1) is 0 Å². The van der Waals surface area contributed by atoms with Gasteiger partial charge >= 0.3 is 0 Å². The van der Waals surface area contributed by atoms with Gasteiger partial charge in [-0.25, -0.2) is 0 Å². The number of carbonyl (C=O) groups excluding carboxylic acids is 1. The molecule has 1 saturated heterocycles. The molecule has 1 aliphatic carbocycles. The molecule has 1 saturated carbocycles. The second-order valence-electron chi connectivity index (χ2n) is 5.34. The molecule has 2 rings (SSSR count). The average molecular weight is 211 g/mol. The Morgan fingerprint density at radius 1 is 1.20 bits per heavy atom. The number of aliphatic hydroxyl groups excluding tert-OH is 1. The smallest absolute Gasteiger partial charge is 0.228 e. The Balaban J connectivity index is 1.97. The molecule has 3 heteroatoms. The first kappa shape index (κ1) is 10.9. The van der Waals surface area contributed by atoms with Crippen LogP contribution in [0.5, 0.6) is 0 Å². The van der Waals surface area contributed by atoms with Crippen molar-refractivity contribution in [3.8, 4) is 0 Å². The van der Waals surface area contributed by atoms with Gasteiger partial charge in [0, 0.05) is 18.5 Å². The van der Waals surface area contributed by atoms with E-state index in [4.69, 9.17) is 0 Å². The summed E-state index contributed by atoms with van der Waals surface area (Å²) < 4.78 is 0. The van der Waals surface area contributed by atoms with Gasteiger partial charge in [0.25, 0.3) is 0 Å². The predicted octanol–water partition coefficient (Wildman–Crippen LogP) is 1.55. The first-order valence-corrected chi connectivity index (χ1v) is 6.09. The number of nitrogens with zero attached hydrogens (tertiary/aromatic N) is 1. The second kappa shape index (κ2) is 4.12. The van der Waals surface area contributed by atoms with Crippen molar-refractivity contribution in [2.45, 2.75) is 51.6 Å². The van der Waals surface area contributed by atoms with Crippen molar-refractivity contribution >= 4 is 5.91 Å². The molecule has 1 aliphatic heterocycles. The minimum atomic E-state index is -0.275. The fraction of sp³-hybridized carbons (Fsp3) is 0.917. The number of β-amino-alcohol motifs (C(OH)–C–C–N with tert-alkyl or cyclic N) is 1. The van der Waals surface area contributed by atoms with Crippen LogP contribution in [0, 0.1) is 5.41 Å². The molecule has 3 nitrogen and oxygen atoms in total. The van der Waals surface area contributed by atoms with E-state index in [1.165, 1.54) is 25.7 Å². The molecule has 0 atom stereocenters. The average Bonchev–Trinajstić information content (AvgIpc) is 2.38. The van der Waals surface area contributed by atoms with E-state index in [9.17, 15) is 9.90 Å². The Bertz CT molecular complexity index is 238. The summed E-state index contributed by atoms with van der Waals surface area (Å²) >= 11 is 0. The maximum absolute atomic E-state index is 12.2. The molecule has 0 unspecified atom stereocenters. The summed E-state index contributed by atoms with van der Waals surface area (Å²) in [5.41, 5.74) is -0.142. The Kier molecular flexibility index (Phi) is 3.01. The number of rotatable bonds is 1. The highest BCUT2D eigenvalue weighted by molar-refractivity contribution is 5.83. The van der Waals surface area contributed by atoms with Crippen LogP contribution in [0.2, 0.25) is 0 Å². The lowest BCUT2D eigenvalue weighted by molar-refractivity contribution is -0.152. The first-order chi connectivity index (χ1) is 7.12. The molecular weight excluding hydrogens is 190 g/mol. The van der Waals surface area contributed by atoms with Crippen LogP contribution in [0.25, 0.3) is 0 Å². The topological polar surface area (TPSA) is 40.5 Å². The van der Waals surface area contributed by atoms with Crippen molar-refractivity contribution in [2.75, 3.05) is 13.1 Å². The summed E-state index contributed by atoms with van der Waals surface area (Å²) in [4.78, 5) is 14.0. The van der Waals surface area contributed by atoms with Crippen molar-refractivity contribution < 1.29 is 9.90 Å². The van der Waals surface area contributed by atoms with E-state index in [-0.39, 0.29) is 17.4 Å². The zero-order chi connectivity index (χ0) is 10.9. The zero-order valence-corrected chi connectivity index (χ0v) is 9.54. The van der Waals surface area contributed by atoms with Crippen LogP contribution in [0.4, 0.5) is 0 Å². The third-order valence-electron chi connectivity index (χ3n) is 3.87. The molecule has 15 heavy (non-hydrogen) atoms. The molecule has 0 aromatic heterocycles. The van der Waals surface area contributed by atoms with Gasteiger partial charge in [0.1, 0.15) is 0 Å². The summed E-state index contributed by atoms with van der Waals surface area (Å²) in [5.74, 6) is 0.273. The molecule has 86 valence electrons. The van der Waals surface area contributed by atoms with E-state index in [1.54, 1.807) is 0 Å². The van der Waals surface area contributed by atoms with Crippen LogP contribution < -0.4 is 0 Å². The quantitative estimate of drug-likeness (QED) is 0.668. The predicted molar refractivity (Wildman–Crippen MR) is 58.4 cm³/mol. The van der Waals surface area contributed by atoms with Gasteiger partial charge in [0.15, 0.2) is 0 Å². The van der Waals surface area contributed by atoms with Gasteiger partial charge < -0.3 is 10.0 Å². The summed E-state index contributed by atoms with van der Waals surface area (Å²) in [7, 11) is 0. The minimum Gasteiger partial charge on any atom is -0.389 e. The van der Waals surface area contributed by atoms with Crippen LogP contribution in [0.1, 0.15) is 45.4 Å². The van der Waals surface area contributed by atoms with Crippen molar-refractivity contribution in [3.63, 3.8) is 0 Å². The normalized spacial score (nSPS) is 26.9. The number of aliphatic hydroxyl groups is 1. The van der Waals surface area contributed by atoms with Gasteiger partial charge in [-0.3, -0.25) is 4.79 Å². The summed E-state index contributed by atoms with van der Waals surface area (Å²) in [6.07, 6.45) is 6.67. The molecule has 0 aromatic carbocycles. The van der Waals surface area contributed by atoms with Gasteiger partial charge in [-0.2, -0.15) is 0 Å². The molecule has 0 bridgehead atoms. The number of amides is 1. The third-order valence-corrected chi connectivity index (χ3v) is 3.87. The van der Waals surface area contributed by atoms with Crippen LogP contribution in [0.15, 0.2) is 0 Å². The molecule has 1 amide bonds. The highest BCUT2D eigenvalue weighted by Crippen LogP contribution is 2.37. The second-order valence-corrected chi connectivity index (χ2v) is 5.34. The fourth-order valence-electron chi connectivity index (χ4n) is 2.73. The van der Waals surface area contributed by atoms with E-state index in [0.717, 1.165) is 12.8 Å². The molecule has 0 radical (unpaired) electrons. The standard InChI is InChI=1S/C12H21NO2/c1-12(6-4-2-3-5-7-12)11(15)13-8-10(14)9-13/h10,14H,2-9H2,1H3. The van der Waals surface area contributed by atoms with Gasteiger partial charge in [0.2, 0.25) is 5.91 Å². The zero-order valence-electron chi connectivity index (χ0n) is 9.54. The van der Waals surface area contributed by atoms with Crippen molar-refractivity contribution in [3.05, 3.63) is 0 Å². The van der Waals surface area contributed by atoms with Crippen molar-refractivity contribution in [1.29, 1.82) is 0 Å². The van der Waals surface area contributed by atoms with Crippen LogP contribution in [-0.2, 0) is 4.79 Å². The van der Waals surface area contributed by atoms with Gasteiger partial charge in [0.05, 0.1) is 6.10 Å². The highest BCUT2D eigenvalue weighted by atomic mass is 16.3. The summed E-state index contributed by atoms with van der Waals surface area (Å²) in [6.45, 7) is 3.20. The lowest BCUT2D eigenvalue weighted by atomic mass is 9.80. The van der Waals surface area contributed by atoms with Gasteiger partial charge in [-0.05, 0) is 12.8 Å². The van der Waals surface area contributed by atoms with E-state index >= 15 is 0 Å². The monoisotopic (exact) mass is 211 g/mol. The maximum Gasteiger partial charge on any atom is 0.228 e. The molecule has 2 aliphatic rings. The van der Waals surface area contributed by atoms with Crippen LogP contribution in [-0.4, -0.2) is 35.1 Å². The van der Waals surface area contributed by atoms with Crippen molar-refractivity contribution in [2.24, 2.45) is 5.41 Å². The lowest BCUT2D eigenvalue weighted by Gasteiger charge is -2.41. The van der Waals surface area contributed by atoms with E-state index in [0.29, 0.717) is 13.1 Å².